The molecule has 0 aliphatic carbocycles. The highest BCUT2D eigenvalue weighted by Gasteiger charge is 2.34. The Labute approximate surface area is 188 Å². The van der Waals surface area contributed by atoms with Crippen LogP contribution >= 0.6 is 15.9 Å². The Morgan fingerprint density at radius 2 is 1.81 bits per heavy atom. The topological polar surface area (TPSA) is 55.8 Å². The quantitative estimate of drug-likeness (QED) is 0.400. The van der Waals surface area contributed by atoms with Crippen LogP contribution in [0.4, 0.5) is 13.2 Å². The molecule has 31 heavy (non-hydrogen) atoms. The summed E-state index contributed by atoms with van der Waals surface area (Å²) in [5.74, 6) is 0.915. The number of rotatable bonds is 9. The third-order valence-electron chi connectivity index (χ3n) is 4.62. The van der Waals surface area contributed by atoms with Gasteiger partial charge in [-0.15, -0.1) is 0 Å². The zero-order chi connectivity index (χ0) is 23.4. The first-order chi connectivity index (χ1) is 14.4. The van der Waals surface area contributed by atoms with Gasteiger partial charge in [0.25, 0.3) is 0 Å². The van der Waals surface area contributed by atoms with Gasteiger partial charge in [0.15, 0.2) is 0 Å². The number of hydrogen-bond donors (Lipinski definition) is 0. The van der Waals surface area contributed by atoms with Gasteiger partial charge in [-0.2, -0.15) is 17.5 Å². The van der Waals surface area contributed by atoms with Crippen LogP contribution in [0.25, 0.3) is 0 Å². The van der Waals surface area contributed by atoms with Crippen molar-refractivity contribution < 1.29 is 31.1 Å². The minimum Gasteiger partial charge on any atom is -0.497 e. The molecule has 5 nitrogen and oxygen atoms in total. The minimum absolute atomic E-state index is 0.0364. The normalized spacial score (nSPS) is 12.1. The number of alkyl halides is 3. The van der Waals surface area contributed by atoms with Crippen LogP contribution in [0.2, 0.25) is 0 Å². The molecule has 2 aromatic carbocycles. The van der Waals surface area contributed by atoms with Gasteiger partial charge in [0.05, 0.1) is 24.7 Å². The van der Waals surface area contributed by atoms with E-state index in [-0.39, 0.29) is 17.6 Å². The Hall–Kier alpha value is -2.04. The highest BCUT2D eigenvalue weighted by atomic mass is 79.9. The van der Waals surface area contributed by atoms with Crippen molar-refractivity contribution in [1.82, 2.24) is 4.31 Å². The number of benzene rings is 2. The minimum atomic E-state index is -4.68. The summed E-state index contributed by atoms with van der Waals surface area (Å²) in [6.45, 7) is 5.50. The zero-order valence-corrected chi connectivity index (χ0v) is 19.7. The van der Waals surface area contributed by atoms with Gasteiger partial charge < -0.3 is 9.47 Å². The van der Waals surface area contributed by atoms with Crippen LogP contribution < -0.4 is 9.47 Å². The summed E-state index contributed by atoms with van der Waals surface area (Å²) in [6, 6.07) is 7.44. The fourth-order valence-electron chi connectivity index (χ4n) is 2.78. The van der Waals surface area contributed by atoms with E-state index in [1.165, 1.54) is 14.2 Å². The second-order valence-electron chi connectivity index (χ2n) is 6.70. The maximum Gasteiger partial charge on any atom is 0.416 e. The second-order valence-corrected chi connectivity index (χ2v) is 9.46. The van der Waals surface area contributed by atoms with E-state index in [9.17, 15) is 21.6 Å². The van der Waals surface area contributed by atoms with Crippen molar-refractivity contribution in [3.63, 3.8) is 0 Å². The molecule has 2 aromatic rings. The number of sulfonamides is 1. The van der Waals surface area contributed by atoms with Crippen LogP contribution in [0.3, 0.4) is 0 Å². The molecule has 0 atom stereocenters. The Bertz CT molecular complexity index is 1060. The lowest BCUT2D eigenvalue weighted by Crippen LogP contribution is -2.33. The number of hydrogen-bond acceptors (Lipinski definition) is 4. The largest absolute Gasteiger partial charge is 0.497 e. The number of ether oxygens (including phenoxy) is 2. The van der Waals surface area contributed by atoms with E-state index in [1.807, 2.05) is 6.92 Å². The molecule has 10 heteroatoms. The fourth-order valence-corrected chi connectivity index (χ4v) is 5.17. The highest BCUT2D eigenvalue weighted by Crippen LogP contribution is 2.35. The SMILES string of the molecule is C=C(CC)CN(Cc1ccc(OC)cc1OC)S(=O)(=O)c1cc(C(F)(F)F)ccc1Br. The van der Waals surface area contributed by atoms with Crippen LogP contribution in [0.1, 0.15) is 24.5 Å². The summed E-state index contributed by atoms with van der Waals surface area (Å²) in [5.41, 5.74) is 0.0867. The third-order valence-corrected chi connectivity index (χ3v) is 7.40. The van der Waals surface area contributed by atoms with E-state index in [1.54, 1.807) is 18.2 Å². The second kappa shape index (κ2) is 10.1. The van der Waals surface area contributed by atoms with Gasteiger partial charge in [-0.25, -0.2) is 8.42 Å². The van der Waals surface area contributed by atoms with Crippen LogP contribution in [0.5, 0.6) is 11.5 Å². The van der Waals surface area contributed by atoms with Crippen molar-refractivity contribution in [2.75, 3.05) is 20.8 Å². The van der Waals surface area contributed by atoms with E-state index >= 15 is 0 Å². The van der Waals surface area contributed by atoms with Gasteiger partial charge in [0.1, 0.15) is 11.5 Å². The molecular weight excluding hydrogens is 499 g/mol. The van der Waals surface area contributed by atoms with Gasteiger partial charge in [-0.1, -0.05) is 25.1 Å². The van der Waals surface area contributed by atoms with E-state index < -0.39 is 26.7 Å². The van der Waals surface area contributed by atoms with Crippen LogP contribution in [-0.4, -0.2) is 33.5 Å². The Kier molecular flexibility index (Phi) is 8.18. The Balaban J connectivity index is 2.57. The summed E-state index contributed by atoms with van der Waals surface area (Å²) in [4.78, 5) is -0.473. The molecule has 0 saturated heterocycles. The molecule has 0 N–H and O–H groups in total. The molecule has 0 aliphatic rings. The van der Waals surface area contributed by atoms with E-state index in [2.05, 4.69) is 22.5 Å². The molecule has 0 saturated carbocycles. The van der Waals surface area contributed by atoms with Gasteiger partial charge in [0.2, 0.25) is 10.0 Å². The van der Waals surface area contributed by atoms with Crippen molar-refractivity contribution in [3.05, 3.63) is 64.1 Å². The number of methoxy groups -OCH3 is 2. The third kappa shape index (κ3) is 6.02. The van der Waals surface area contributed by atoms with E-state index in [4.69, 9.17) is 9.47 Å². The van der Waals surface area contributed by atoms with Gasteiger partial charge in [-0.05, 0) is 46.6 Å². The Morgan fingerprint density at radius 1 is 1.13 bits per heavy atom. The monoisotopic (exact) mass is 521 g/mol. The smallest absolute Gasteiger partial charge is 0.416 e. The number of nitrogens with zero attached hydrogens (tertiary/aromatic N) is 1. The lowest BCUT2D eigenvalue weighted by molar-refractivity contribution is -0.137. The summed E-state index contributed by atoms with van der Waals surface area (Å²) in [7, 11) is -1.40. The first-order valence-corrected chi connectivity index (χ1v) is 11.4. The molecule has 0 aliphatic heterocycles. The molecule has 0 spiro atoms. The van der Waals surface area contributed by atoms with Crippen molar-refractivity contribution in [1.29, 1.82) is 0 Å². The molecule has 2 rings (SSSR count). The average Bonchev–Trinajstić information content (AvgIpc) is 2.72. The fraction of sp³-hybridized carbons (Fsp3) is 0.333. The molecule has 0 fully saturated rings. The summed E-state index contributed by atoms with van der Waals surface area (Å²) < 4.78 is 78.1. The standard InChI is InChI=1S/C21H23BrF3NO4S/c1-5-14(2)12-26(13-15-6-8-17(29-3)11-19(15)30-4)31(27,28)20-10-16(21(23,24)25)7-9-18(20)22/h6-11H,2,5,12-13H2,1,3-4H3. The zero-order valence-electron chi connectivity index (χ0n) is 17.3. The highest BCUT2D eigenvalue weighted by molar-refractivity contribution is 9.10. The van der Waals surface area contributed by atoms with Crippen molar-refractivity contribution in [2.24, 2.45) is 0 Å². The first-order valence-electron chi connectivity index (χ1n) is 9.18. The predicted molar refractivity (Wildman–Crippen MR) is 116 cm³/mol. The molecular formula is C21H23BrF3NO4S. The van der Waals surface area contributed by atoms with Crippen molar-refractivity contribution >= 4 is 26.0 Å². The molecule has 0 aromatic heterocycles. The molecule has 0 bridgehead atoms. The van der Waals surface area contributed by atoms with Crippen LogP contribution in [0.15, 0.2) is 57.9 Å². The van der Waals surface area contributed by atoms with Crippen LogP contribution in [0, 0.1) is 0 Å². The van der Waals surface area contributed by atoms with Gasteiger partial charge >= 0.3 is 6.18 Å². The van der Waals surface area contributed by atoms with E-state index in [0.29, 0.717) is 35.1 Å². The summed E-state index contributed by atoms with van der Waals surface area (Å²) in [6.07, 6.45) is -4.17. The molecule has 0 unspecified atom stereocenters. The predicted octanol–water partition coefficient (Wildman–Crippen LogP) is 5.64. The lowest BCUT2D eigenvalue weighted by Gasteiger charge is -2.25. The number of halogens is 4. The first kappa shape index (κ1) is 25.2. The average molecular weight is 522 g/mol. The summed E-state index contributed by atoms with van der Waals surface area (Å²) in [5, 5.41) is 0. The lowest BCUT2D eigenvalue weighted by atomic mass is 10.1. The Morgan fingerprint density at radius 3 is 2.35 bits per heavy atom. The molecule has 0 radical (unpaired) electrons. The van der Waals surface area contributed by atoms with Crippen molar-refractivity contribution in [3.8, 4) is 11.5 Å². The van der Waals surface area contributed by atoms with Crippen molar-refractivity contribution in [2.45, 2.75) is 31.0 Å². The molecule has 0 amide bonds. The van der Waals surface area contributed by atoms with Crippen LogP contribution in [-0.2, 0) is 22.7 Å². The van der Waals surface area contributed by atoms with E-state index in [0.717, 1.165) is 16.4 Å². The maximum absolute atomic E-state index is 13.4. The maximum atomic E-state index is 13.4. The van der Waals surface area contributed by atoms with Gasteiger partial charge in [0, 0.05) is 29.2 Å². The molecule has 170 valence electrons. The van der Waals surface area contributed by atoms with Gasteiger partial charge in [-0.3, -0.25) is 0 Å². The summed E-state index contributed by atoms with van der Waals surface area (Å²) >= 11 is 3.08. The molecule has 0 heterocycles.